The maximum Gasteiger partial charge on any atom is 0.255 e. The first-order valence-electron chi connectivity index (χ1n) is 7.08. The number of carbonyl (C=O) groups is 2. The van der Waals surface area contributed by atoms with Gasteiger partial charge < -0.3 is 0 Å². The lowest BCUT2D eigenvalue weighted by Gasteiger charge is -2.22. The summed E-state index contributed by atoms with van der Waals surface area (Å²) in [5, 5.41) is 11.1. The van der Waals surface area contributed by atoms with Crippen LogP contribution in [0.15, 0.2) is 60.7 Å². The molecular formula is C17H16N2O3. The Bertz CT molecular complexity index is 673. The summed E-state index contributed by atoms with van der Waals surface area (Å²) >= 11 is 0. The quantitative estimate of drug-likeness (QED) is 0.694. The Labute approximate surface area is 128 Å². The van der Waals surface area contributed by atoms with Gasteiger partial charge in [0.1, 0.15) is 6.04 Å². The number of hydroxylamine groups is 1. The van der Waals surface area contributed by atoms with Crippen LogP contribution in [0.5, 0.6) is 0 Å². The van der Waals surface area contributed by atoms with E-state index in [0.717, 1.165) is 10.6 Å². The normalized spacial score (nSPS) is 17.9. The molecule has 1 saturated heterocycles. The number of likely N-dealkylation sites (tertiary alicyclic amines) is 1. The molecule has 1 aliphatic rings. The van der Waals surface area contributed by atoms with E-state index >= 15 is 0 Å². The van der Waals surface area contributed by atoms with Gasteiger partial charge in [0.05, 0.1) is 18.7 Å². The maximum absolute atomic E-state index is 12.4. The molecule has 0 aliphatic carbocycles. The van der Waals surface area contributed by atoms with E-state index in [0.29, 0.717) is 5.69 Å². The van der Waals surface area contributed by atoms with E-state index in [4.69, 9.17) is 0 Å². The molecule has 0 bridgehead atoms. The van der Waals surface area contributed by atoms with Crippen molar-refractivity contribution in [1.29, 1.82) is 0 Å². The van der Waals surface area contributed by atoms with Gasteiger partial charge in [-0.1, -0.05) is 48.5 Å². The number of para-hydroxylation sites is 1. The summed E-state index contributed by atoms with van der Waals surface area (Å²) in [6, 6.07) is 17.2. The topological polar surface area (TPSA) is 60.9 Å². The fourth-order valence-corrected chi connectivity index (χ4v) is 2.55. The molecule has 1 atom stereocenters. The number of benzene rings is 2. The third kappa shape index (κ3) is 2.71. The summed E-state index contributed by atoms with van der Waals surface area (Å²) < 4.78 is 0. The molecule has 5 nitrogen and oxygen atoms in total. The molecule has 0 spiro atoms. The van der Waals surface area contributed by atoms with Gasteiger partial charge in [-0.05, 0) is 17.7 Å². The van der Waals surface area contributed by atoms with Crippen LogP contribution in [-0.2, 0) is 16.1 Å². The first kappa shape index (κ1) is 14.3. The van der Waals surface area contributed by atoms with Gasteiger partial charge in [0.25, 0.3) is 5.91 Å². The van der Waals surface area contributed by atoms with Gasteiger partial charge in [-0.3, -0.25) is 19.7 Å². The van der Waals surface area contributed by atoms with Crippen molar-refractivity contribution in [2.45, 2.75) is 19.0 Å². The minimum atomic E-state index is -0.862. The minimum Gasteiger partial charge on any atom is -0.288 e. The number of hydrogen-bond donors (Lipinski definition) is 1. The van der Waals surface area contributed by atoms with Gasteiger partial charge >= 0.3 is 0 Å². The van der Waals surface area contributed by atoms with Gasteiger partial charge in [-0.15, -0.1) is 0 Å². The number of carbonyl (C=O) groups excluding carboxylic acids is 2. The van der Waals surface area contributed by atoms with E-state index in [1.54, 1.807) is 24.3 Å². The van der Waals surface area contributed by atoms with Crippen molar-refractivity contribution in [3.8, 4) is 0 Å². The average molecular weight is 296 g/mol. The van der Waals surface area contributed by atoms with E-state index in [1.807, 2.05) is 36.4 Å². The summed E-state index contributed by atoms with van der Waals surface area (Å²) in [7, 11) is 0. The van der Waals surface area contributed by atoms with Crippen LogP contribution in [0.3, 0.4) is 0 Å². The lowest BCUT2D eigenvalue weighted by Crippen LogP contribution is -2.40. The Morgan fingerprint density at radius 3 is 2.23 bits per heavy atom. The standard InChI is InChI=1S/C17H16N2O3/c20-16-11-15(19(22)14-9-5-2-6-10-14)17(21)18(16)12-13-7-3-1-4-8-13/h1-10,15,22H,11-12H2/t15-/m1/s1. The van der Waals surface area contributed by atoms with Gasteiger partial charge in [0.15, 0.2) is 0 Å². The highest BCUT2D eigenvalue weighted by molar-refractivity contribution is 6.06. The zero-order chi connectivity index (χ0) is 15.5. The Morgan fingerprint density at radius 1 is 1.00 bits per heavy atom. The van der Waals surface area contributed by atoms with E-state index < -0.39 is 6.04 Å². The van der Waals surface area contributed by atoms with Gasteiger partial charge in [-0.25, -0.2) is 5.06 Å². The minimum absolute atomic E-state index is 0.0168. The number of hydrogen-bond acceptors (Lipinski definition) is 4. The molecule has 2 aromatic carbocycles. The number of rotatable bonds is 4. The third-order valence-corrected chi connectivity index (χ3v) is 3.72. The molecule has 5 heteroatoms. The van der Waals surface area contributed by atoms with Gasteiger partial charge in [0, 0.05) is 0 Å². The lowest BCUT2D eigenvalue weighted by molar-refractivity contribution is -0.139. The maximum atomic E-state index is 12.4. The summed E-state index contributed by atoms with van der Waals surface area (Å²) in [6.07, 6.45) is -0.0168. The summed E-state index contributed by atoms with van der Waals surface area (Å²) in [5.41, 5.74) is 1.38. The molecule has 3 rings (SSSR count). The van der Waals surface area contributed by atoms with Crippen LogP contribution in [0.25, 0.3) is 0 Å². The van der Waals surface area contributed by atoms with Crippen molar-refractivity contribution in [3.05, 3.63) is 66.2 Å². The average Bonchev–Trinajstić information content (AvgIpc) is 2.84. The Kier molecular flexibility index (Phi) is 3.89. The number of anilines is 1. The van der Waals surface area contributed by atoms with Gasteiger partial charge in [0.2, 0.25) is 5.91 Å². The molecular weight excluding hydrogens is 280 g/mol. The Hall–Kier alpha value is -2.66. The van der Waals surface area contributed by atoms with Crippen LogP contribution in [0.2, 0.25) is 0 Å². The third-order valence-electron chi connectivity index (χ3n) is 3.72. The second-order valence-corrected chi connectivity index (χ2v) is 5.20. The van der Waals surface area contributed by atoms with Crippen LogP contribution in [0, 0.1) is 0 Å². The van der Waals surface area contributed by atoms with Crippen molar-refractivity contribution in [1.82, 2.24) is 4.90 Å². The fourth-order valence-electron chi connectivity index (χ4n) is 2.55. The molecule has 0 saturated carbocycles. The molecule has 1 fully saturated rings. The smallest absolute Gasteiger partial charge is 0.255 e. The van der Waals surface area contributed by atoms with Crippen LogP contribution in [0.4, 0.5) is 5.69 Å². The second kappa shape index (κ2) is 5.99. The predicted octanol–water partition coefficient (Wildman–Crippen LogP) is 2.21. The molecule has 1 N–H and O–H groups in total. The molecule has 0 unspecified atom stereocenters. The predicted molar refractivity (Wildman–Crippen MR) is 81.1 cm³/mol. The van der Waals surface area contributed by atoms with E-state index in [9.17, 15) is 14.8 Å². The number of imide groups is 1. The fraction of sp³-hybridized carbons (Fsp3) is 0.176. The molecule has 1 aliphatic heterocycles. The molecule has 112 valence electrons. The van der Waals surface area contributed by atoms with Crippen LogP contribution in [-0.4, -0.2) is 28.0 Å². The molecule has 0 aromatic heterocycles. The van der Waals surface area contributed by atoms with Crippen molar-refractivity contribution in [3.63, 3.8) is 0 Å². The lowest BCUT2D eigenvalue weighted by atomic mass is 10.2. The zero-order valence-corrected chi connectivity index (χ0v) is 11.9. The van der Waals surface area contributed by atoms with E-state index in [2.05, 4.69) is 0 Å². The number of nitrogens with zero attached hydrogens (tertiary/aromatic N) is 2. The molecule has 2 aromatic rings. The SMILES string of the molecule is O=C1C[C@@H](N(O)c2ccccc2)C(=O)N1Cc1ccccc1. The van der Waals surface area contributed by atoms with Crippen molar-refractivity contribution < 1.29 is 14.8 Å². The molecule has 0 radical (unpaired) electrons. The van der Waals surface area contributed by atoms with Crippen LogP contribution in [0.1, 0.15) is 12.0 Å². The van der Waals surface area contributed by atoms with Gasteiger partial charge in [-0.2, -0.15) is 0 Å². The Morgan fingerprint density at radius 2 is 1.59 bits per heavy atom. The largest absolute Gasteiger partial charge is 0.288 e. The number of amides is 2. The zero-order valence-electron chi connectivity index (χ0n) is 11.9. The van der Waals surface area contributed by atoms with Crippen molar-refractivity contribution >= 4 is 17.5 Å². The highest BCUT2D eigenvalue weighted by Gasteiger charge is 2.42. The highest BCUT2D eigenvalue weighted by atomic mass is 16.5. The summed E-state index contributed by atoms with van der Waals surface area (Å²) in [6.45, 7) is 0.234. The second-order valence-electron chi connectivity index (χ2n) is 5.20. The first-order valence-corrected chi connectivity index (χ1v) is 7.08. The van der Waals surface area contributed by atoms with E-state index in [1.165, 1.54) is 4.90 Å². The van der Waals surface area contributed by atoms with E-state index in [-0.39, 0.29) is 24.8 Å². The van der Waals surface area contributed by atoms with Crippen molar-refractivity contribution in [2.75, 3.05) is 5.06 Å². The molecule has 1 heterocycles. The van der Waals surface area contributed by atoms with Crippen LogP contribution >= 0.6 is 0 Å². The Balaban J connectivity index is 1.77. The summed E-state index contributed by atoms with van der Waals surface area (Å²) in [4.78, 5) is 25.7. The van der Waals surface area contributed by atoms with Crippen molar-refractivity contribution in [2.24, 2.45) is 0 Å². The highest BCUT2D eigenvalue weighted by Crippen LogP contribution is 2.24. The summed E-state index contributed by atoms with van der Waals surface area (Å²) in [5.74, 6) is -0.644. The van der Waals surface area contributed by atoms with Crippen LogP contribution < -0.4 is 5.06 Å². The monoisotopic (exact) mass is 296 g/mol. The first-order chi connectivity index (χ1) is 10.7. The molecule has 22 heavy (non-hydrogen) atoms. The molecule has 2 amide bonds.